The summed E-state index contributed by atoms with van der Waals surface area (Å²) in [5.74, 6) is 0.100. The Kier molecular flexibility index (Phi) is 6.42. The molecule has 0 aromatic rings. The molecule has 4 heteroatoms. The Bertz CT molecular complexity index is 200. The van der Waals surface area contributed by atoms with Crippen molar-refractivity contribution >= 4 is 5.91 Å². The van der Waals surface area contributed by atoms with Crippen molar-refractivity contribution in [2.24, 2.45) is 0 Å². The molecule has 0 atom stereocenters. The lowest BCUT2D eigenvalue weighted by Crippen LogP contribution is -2.45. The van der Waals surface area contributed by atoms with Gasteiger partial charge in [0.2, 0.25) is 5.91 Å². The number of hydrogen-bond acceptors (Lipinski definition) is 3. The van der Waals surface area contributed by atoms with Crippen LogP contribution >= 0.6 is 0 Å². The molecule has 0 spiro atoms. The van der Waals surface area contributed by atoms with Crippen LogP contribution in [0, 0.1) is 0 Å². The number of amides is 1. The minimum Gasteiger partial charge on any atom is -0.354 e. The first-order valence-corrected chi connectivity index (χ1v) is 6.42. The van der Waals surface area contributed by atoms with Crippen LogP contribution in [0.15, 0.2) is 0 Å². The fraction of sp³-hybridized carbons (Fsp3) is 0.917. The molecule has 0 aromatic carbocycles. The fourth-order valence-corrected chi connectivity index (χ4v) is 2.13. The van der Waals surface area contributed by atoms with Crippen LogP contribution < -0.4 is 10.6 Å². The highest BCUT2D eigenvalue weighted by Crippen LogP contribution is 2.09. The van der Waals surface area contributed by atoms with Crippen molar-refractivity contribution in [2.45, 2.75) is 39.2 Å². The minimum atomic E-state index is 0.100. The van der Waals surface area contributed by atoms with Crippen molar-refractivity contribution < 1.29 is 4.79 Å². The number of nitrogens with zero attached hydrogens (tertiary/aromatic N) is 1. The van der Waals surface area contributed by atoms with Crippen LogP contribution in [0.4, 0.5) is 0 Å². The molecular weight excluding hydrogens is 202 g/mol. The molecule has 1 saturated heterocycles. The van der Waals surface area contributed by atoms with E-state index >= 15 is 0 Å². The van der Waals surface area contributed by atoms with Gasteiger partial charge < -0.3 is 15.5 Å². The van der Waals surface area contributed by atoms with Gasteiger partial charge in [0.25, 0.3) is 0 Å². The molecule has 2 N–H and O–H groups in total. The third-order valence-electron chi connectivity index (χ3n) is 3.03. The first-order valence-electron chi connectivity index (χ1n) is 6.42. The monoisotopic (exact) mass is 227 g/mol. The summed E-state index contributed by atoms with van der Waals surface area (Å²) < 4.78 is 0. The summed E-state index contributed by atoms with van der Waals surface area (Å²) in [7, 11) is 0. The van der Waals surface area contributed by atoms with Crippen LogP contribution in [0.2, 0.25) is 0 Å². The average Bonchev–Trinajstić information content (AvgIpc) is 2.26. The molecule has 1 rings (SSSR count). The lowest BCUT2D eigenvalue weighted by molar-refractivity contribution is -0.119. The molecule has 4 nitrogen and oxygen atoms in total. The van der Waals surface area contributed by atoms with Crippen LogP contribution in [-0.2, 0) is 4.79 Å². The zero-order valence-corrected chi connectivity index (χ0v) is 10.6. The highest BCUT2D eigenvalue weighted by Gasteiger charge is 2.18. The van der Waals surface area contributed by atoms with Gasteiger partial charge in [0.1, 0.15) is 0 Å². The van der Waals surface area contributed by atoms with Crippen LogP contribution in [0.5, 0.6) is 0 Å². The van der Waals surface area contributed by atoms with Gasteiger partial charge in [0.05, 0.1) is 0 Å². The SMILES string of the molecule is CCCNCCN1CCC(NC(C)=O)CC1. The zero-order chi connectivity index (χ0) is 11.8. The smallest absolute Gasteiger partial charge is 0.217 e. The number of hydrogen-bond donors (Lipinski definition) is 2. The molecule has 0 bridgehead atoms. The van der Waals surface area contributed by atoms with E-state index in [9.17, 15) is 4.79 Å². The summed E-state index contributed by atoms with van der Waals surface area (Å²) in [5.41, 5.74) is 0. The van der Waals surface area contributed by atoms with Gasteiger partial charge in [-0.05, 0) is 25.8 Å². The molecule has 1 amide bonds. The minimum absolute atomic E-state index is 0.100. The molecule has 0 aliphatic carbocycles. The molecular formula is C12H25N3O. The highest BCUT2D eigenvalue weighted by molar-refractivity contribution is 5.73. The van der Waals surface area contributed by atoms with Crippen molar-refractivity contribution in [3.05, 3.63) is 0 Å². The fourth-order valence-electron chi connectivity index (χ4n) is 2.13. The number of nitrogens with one attached hydrogen (secondary N) is 2. The quantitative estimate of drug-likeness (QED) is 0.653. The third kappa shape index (κ3) is 5.47. The predicted molar refractivity (Wildman–Crippen MR) is 66.4 cm³/mol. The van der Waals surface area contributed by atoms with Gasteiger partial charge in [-0.25, -0.2) is 0 Å². The van der Waals surface area contributed by atoms with Gasteiger partial charge in [-0.15, -0.1) is 0 Å². The van der Waals surface area contributed by atoms with Gasteiger partial charge in [0, 0.05) is 39.1 Å². The van der Waals surface area contributed by atoms with Crippen LogP contribution in [0.3, 0.4) is 0 Å². The summed E-state index contributed by atoms with van der Waals surface area (Å²) in [6.07, 6.45) is 3.38. The number of rotatable bonds is 6. The summed E-state index contributed by atoms with van der Waals surface area (Å²) in [4.78, 5) is 13.4. The molecule has 1 fully saturated rings. The maximum absolute atomic E-state index is 10.9. The maximum Gasteiger partial charge on any atom is 0.217 e. The Morgan fingerprint density at radius 1 is 1.31 bits per heavy atom. The van der Waals surface area contributed by atoms with Crippen molar-refractivity contribution in [3.8, 4) is 0 Å². The molecule has 1 aliphatic rings. The number of carbonyl (C=O) groups excluding carboxylic acids is 1. The molecule has 1 aliphatic heterocycles. The summed E-state index contributed by atoms with van der Waals surface area (Å²) in [6.45, 7) is 9.33. The van der Waals surface area contributed by atoms with Gasteiger partial charge in [0.15, 0.2) is 0 Å². The standard InChI is InChI=1S/C12H25N3O/c1-3-6-13-7-10-15-8-4-12(5-9-15)14-11(2)16/h12-13H,3-10H2,1-2H3,(H,14,16). The van der Waals surface area contributed by atoms with E-state index in [-0.39, 0.29) is 5.91 Å². The van der Waals surface area contributed by atoms with E-state index in [4.69, 9.17) is 0 Å². The van der Waals surface area contributed by atoms with Gasteiger partial charge in [-0.2, -0.15) is 0 Å². The number of carbonyl (C=O) groups is 1. The first-order chi connectivity index (χ1) is 7.72. The van der Waals surface area contributed by atoms with Crippen LogP contribution in [0.25, 0.3) is 0 Å². The molecule has 94 valence electrons. The average molecular weight is 227 g/mol. The Morgan fingerprint density at radius 3 is 2.56 bits per heavy atom. The van der Waals surface area contributed by atoms with Gasteiger partial charge in [-0.3, -0.25) is 4.79 Å². The molecule has 1 heterocycles. The van der Waals surface area contributed by atoms with E-state index in [1.54, 1.807) is 6.92 Å². The number of likely N-dealkylation sites (tertiary alicyclic amines) is 1. The van der Waals surface area contributed by atoms with Crippen molar-refractivity contribution in [1.82, 2.24) is 15.5 Å². The molecule has 0 aromatic heterocycles. The lowest BCUT2D eigenvalue weighted by atomic mass is 10.1. The third-order valence-corrected chi connectivity index (χ3v) is 3.03. The van der Waals surface area contributed by atoms with E-state index in [0.717, 1.165) is 45.6 Å². The largest absolute Gasteiger partial charge is 0.354 e. The van der Waals surface area contributed by atoms with Crippen molar-refractivity contribution in [1.29, 1.82) is 0 Å². The van der Waals surface area contributed by atoms with E-state index in [1.807, 2.05) is 0 Å². The second kappa shape index (κ2) is 7.63. The summed E-state index contributed by atoms with van der Waals surface area (Å²) >= 11 is 0. The Hall–Kier alpha value is -0.610. The second-order valence-corrected chi connectivity index (χ2v) is 4.57. The van der Waals surface area contributed by atoms with Crippen LogP contribution in [-0.4, -0.2) is 49.6 Å². The van der Waals surface area contributed by atoms with E-state index < -0.39 is 0 Å². The number of piperidine rings is 1. The lowest BCUT2D eigenvalue weighted by Gasteiger charge is -2.32. The van der Waals surface area contributed by atoms with Crippen LogP contribution in [0.1, 0.15) is 33.1 Å². The topological polar surface area (TPSA) is 44.4 Å². The predicted octanol–water partition coefficient (Wildman–Crippen LogP) is 0.587. The summed E-state index contributed by atoms with van der Waals surface area (Å²) in [5, 5.41) is 6.41. The Morgan fingerprint density at radius 2 is 2.00 bits per heavy atom. The Labute approximate surface area is 98.8 Å². The van der Waals surface area contributed by atoms with E-state index in [0.29, 0.717) is 6.04 Å². The molecule has 0 radical (unpaired) electrons. The zero-order valence-electron chi connectivity index (χ0n) is 10.6. The molecule has 0 unspecified atom stereocenters. The second-order valence-electron chi connectivity index (χ2n) is 4.57. The van der Waals surface area contributed by atoms with Crippen molar-refractivity contribution in [2.75, 3.05) is 32.7 Å². The normalized spacial score (nSPS) is 18.6. The summed E-state index contributed by atoms with van der Waals surface area (Å²) in [6, 6.07) is 0.400. The van der Waals surface area contributed by atoms with Gasteiger partial charge >= 0.3 is 0 Å². The molecule has 0 saturated carbocycles. The highest BCUT2D eigenvalue weighted by atomic mass is 16.1. The molecule has 16 heavy (non-hydrogen) atoms. The van der Waals surface area contributed by atoms with E-state index in [2.05, 4.69) is 22.5 Å². The maximum atomic E-state index is 10.9. The Balaban J connectivity index is 2.05. The van der Waals surface area contributed by atoms with Gasteiger partial charge in [-0.1, -0.05) is 6.92 Å². The van der Waals surface area contributed by atoms with Crippen molar-refractivity contribution in [3.63, 3.8) is 0 Å². The van der Waals surface area contributed by atoms with E-state index in [1.165, 1.54) is 6.42 Å². The first kappa shape index (κ1) is 13.5.